The quantitative estimate of drug-likeness (QED) is 0.335. The normalized spacial score (nSPS) is 13.6. The molecule has 0 aliphatic rings. The Bertz CT molecular complexity index is 648. The van der Waals surface area contributed by atoms with Gasteiger partial charge < -0.3 is 10.6 Å². The lowest BCUT2D eigenvalue weighted by atomic mass is 10.1. The van der Waals surface area contributed by atoms with Crippen LogP contribution in [0.2, 0.25) is 0 Å². The molecule has 0 bridgehead atoms. The Balaban J connectivity index is 0.00000312. The first-order valence-corrected chi connectivity index (χ1v) is 10.4. The highest BCUT2D eigenvalue weighted by atomic mass is 127. The van der Waals surface area contributed by atoms with E-state index in [2.05, 4.69) is 40.1 Å². The minimum atomic E-state index is -0.984. The maximum atomic E-state index is 12.2. The van der Waals surface area contributed by atoms with Gasteiger partial charge in [0.15, 0.2) is 5.96 Å². The second kappa shape index (κ2) is 12.4. The molecule has 2 atom stereocenters. The first kappa shape index (κ1) is 22.1. The van der Waals surface area contributed by atoms with E-state index in [0.717, 1.165) is 23.9 Å². The molecule has 7 heteroatoms. The summed E-state index contributed by atoms with van der Waals surface area (Å²) in [4.78, 5) is 6.86. The fourth-order valence-corrected chi connectivity index (χ4v) is 3.95. The van der Waals surface area contributed by atoms with Crippen LogP contribution in [0.5, 0.6) is 0 Å². The van der Waals surface area contributed by atoms with Crippen molar-refractivity contribution >= 4 is 52.1 Å². The second-order valence-corrected chi connectivity index (χ2v) is 7.98. The van der Waals surface area contributed by atoms with Gasteiger partial charge in [0.05, 0.1) is 17.3 Å². The van der Waals surface area contributed by atoms with Gasteiger partial charge in [-0.1, -0.05) is 31.2 Å². The van der Waals surface area contributed by atoms with Crippen LogP contribution in [-0.4, -0.2) is 35.6 Å². The molecule has 2 rings (SSSR count). The molecule has 0 fully saturated rings. The molecule has 0 radical (unpaired) electrons. The topological polar surface area (TPSA) is 53.5 Å². The number of rotatable bonds is 8. The SMILES string of the molecule is CCNC(=NCC(C)c1cccs1)NCCS(=O)c1ccccc1.I. The minimum absolute atomic E-state index is 0. The van der Waals surface area contributed by atoms with Crippen LogP contribution in [0.25, 0.3) is 0 Å². The Labute approximate surface area is 174 Å². The first-order chi connectivity index (χ1) is 11.7. The van der Waals surface area contributed by atoms with Crippen LogP contribution in [0.15, 0.2) is 57.7 Å². The summed E-state index contributed by atoms with van der Waals surface area (Å²) in [5.74, 6) is 1.75. The molecule has 1 aromatic heterocycles. The third-order valence-electron chi connectivity index (χ3n) is 3.48. The molecule has 1 heterocycles. The Morgan fingerprint density at radius 1 is 1.20 bits per heavy atom. The molecular formula is C18H26IN3OS2. The predicted octanol–water partition coefficient (Wildman–Crippen LogP) is 3.83. The average Bonchev–Trinajstić information content (AvgIpc) is 3.14. The lowest BCUT2D eigenvalue weighted by Crippen LogP contribution is -2.39. The van der Waals surface area contributed by atoms with E-state index in [9.17, 15) is 4.21 Å². The largest absolute Gasteiger partial charge is 0.357 e. The van der Waals surface area contributed by atoms with Crippen LogP contribution in [0.1, 0.15) is 24.6 Å². The Hall–Kier alpha value is -0.930. The number of guanidine groups is 1. The van der Waals surface area contributed by atoms with Gasteiger partial charge in [0.25, 0.3) is 0 Å². The van der Waals surface area contributed by atoms with Gasteiger partial charge in [0, 0.05) is 34.5 Å². The lowest BCUT2D eigenvalue weighted by Gasteiger charge is -2.13. The summed E-state index contributed by atoms with van der Waals surface area (Å²) >= 11 is 1.77. The highest BCUT2D eigenvalue weighted by Gasteiger charge is 2.07. The van der Waals surface area contributed by atoms with Gasteiger partial charge in [-0.2, -0.15) is 0 Å². The molecule has 0 aliphatic carbocycles. The molecule has 2 aromatic rings. The summed E-state index contributed by atoms with van der Waals surface area (Å²) < 4.78 is 12.2. The van der Waals surface area contributed by atoms with Crippen molar-refractivity contribution in [2.75, 3.05) is 25.4 Å². The number of nitrogens with zero attached hydrogens (tertiary/aromatic N) is 1. The van der Waals surface area contributed by atoms with Gasteiger partial charge in [-0.3, -0.25) is 9.20 Å². The van der Waals surface area contributed by atoms with E-state index < -0.39 is 10.8 Å². The molecule has 2 unspecified atom stereocenters. The molecule has 4 nitrogen and oxygen atoms in total. The molecule has 25 heavy (non-hydrogen) atoms. The van der Waals surface area contributed by atoms with E-state index in [-0.39, 0.29) is 24.0 Å². The minimum Gasteiger partial charge on any atom is -0.357 e. The fourth-order valence-electron chi connectivity index (χ4n) is 2.18. The molecule has 0 saturated carbocycles. The zero-order valence-corrected chi connectivity index (χ0v) is 18.6. The highest BCUT2D eigenvalue weighted by Crippen LogP contribution is 2.20. The summed E-state index contributed by atoms with van der Waals surface area (Å²) in [6, 6.07) is 13.8. The maximum absolute atomic E-state index is 12.2. The van der Waals surface area contributed by atoms with E-state index in [1.807, 2.05) is 37.3 Å². The van der Waals surface area contributed by atoms with Crippen LogP contribution < -0.4 is 10.6 Å². The monoisotopic (exact) mass is 491 g/mol. The standard InChI is InChI=1S/C18H25N3OS2.HI/c1-3-19-18(21-14-15(2)17-10-7-12-23-17)20-11-13-24(22)16-8-5-4-6-9-16;/h4-10,12,15H,3,11,13-14H2,1-2H3,(H2,19,20,21);1H. The zero-order chi connectivity index (χ0) is 17.2. The maximum Gasteiger partial charge on any atom is 0.191 e. The molecule has 2 N–H and O–H groups in total. The number of halogens is 1. The molecule has 0 amide bonds. The van der Waals surface area contributed by atoms with Crippen molar-refractivity contribution in [3.63, 3.8) is 0 Å². The van der Waals surface area contributed by atoms with E-state index in [1.165, 1.54) is 4.88 Å². The molecule has 138 valence electrons. The Kier molecular flexibility index (Phi) is 11.0. The van der Waals surface area contributed by atoms with Gasteiger partial charge in [0.2, 0.25) is 0 Å². The Morgan fingerprint density at radius 3 is 2.60 bits per heavy atom. The number of hydrogen-bond donors (Lipinski definition) is 2. The second-order valence-electron chi connectivity index (χ2n) is 5.43. The van der Waals surface area contributed by atoms with Gasteiger partial charge in [-0.05, 0) is 30.5 Å². The predicted molar refractivity (Wildman–Crippen MR) is 120 cm³/mol. The van der Waals surface area contributed by atoms with Crippen molar-refractivity contribution in [2.24, 2.45) is 4.99 Å². The fraction of sp³-hybridized carbons (Fsp3) is 0.389. The summed E-state index contributed by atoms with van der Waals surface area (Å²) in [6.45, 7) is 6.39. The van der Waals surface area contributed by atoms with Gasteiger partial charge in [0.1, 0.15) is 0 Å². The molecule has 0 saturated heterocycles. The first-order valence-electron chi connectivity index (χ1n) is 8.19. The Morgan fingerprint density at radius 2 is 1.96 bits per heavy atom. The summed E-state index contributed by atoms with van der Waals surface area (Å²) in [6.07, 6.45) is 0. The summed E-state index contributed by atoms with van der Waals surface area (Å²) in [5.41, 5.74) is 0. The number of aliphatic imine (C=N–C) groups is 1. The molecule has 1 aromatic carbocycles. The lowest BCUT2D eigenvalue weighted by molar-refractivity contribution is 0.681. The van der Waals surface area contributed by atoms with Gasteiger partial charge in [-0.15, -0.1) is 35.3 Å². The van der Waals surface area contributed by atoms with Crippen molar-refractivity contribution in [1.82, 2.24) is 10.6 Å². The molecular weight excluding hydrogens is 465 g/mol. The number of hydrogen-bond acceptors (Lipinski definition) is 3. The van der Waals surface area contributed by atoms with Crippen molar-refractivity contribution in [1.29, 1.82) is 0 Å². The molecule has 0 spiro atoms. The van der Waals surface area contributed by atoms with Crippen molar-refractivity contribution in [3.8, 4) is 0 Å². The van der Waals surface area contributed by atoms with Crippen molar-refractivity contribution in [3.05, 3.63) is 52.7 Å². The van der Waals surface area contributed by atoms with E-state index in [1.54, 1.807) is 11.3 Å². The van der Waals surface area contributed by atoms with Crippen molar-refractivity contribution in [2.45, 2.75) is 24.7 Å². The number of thiophene rings is 1. The van der Waals surface area contributed by atoms with Gasteiger partial charge >= 0.3 is 0 Å². The average molecular weight is 491 g/mol. The van der Waals surface area contributed by atoms with Crippen LogP contribution in [0.3, 0.4) is 0 Å². The van der Waals surface area contributed by atoms with Gasteiger partial charge in [-0.25, -0.2) is 0 Å². The van der Waals surface area contributed by atoms with E-state index in [0.29, 0.717) is 18.2 Å². The third-order valence-corrected chi connectivity index (χ3v) is 5.96. The van der Waals surface area contributed by atoms with E-state index in [4.69, 9.17) is 0 Å². The van der Waals surface area contributed by atoms with Crippen molar-refractivity contribution < 1.29 is 4.21 Å². The smallest absolute Gasteiger partial charge is 0.191 e. The molecule has 0 aliphatic heterocycles. The van der Waals surface area contributed by atoms with Crippen LogP contribution in [-0.2, 0) is 10.8 Å². The third kappa shape index (κ3) is 7.87. The summed E-state index contributed by atoms with van der Waals surface area (Å²) in [7, 11) is -0.984. The van der Waals surface area contributed by atoms with Crippen LogP contribution in [0.4, 0.5) is 0 Å². The number of nitrogens with one attached hydrogen (secondary N) is 2. The van der Waals surface area contributed by atoms with Crippen LogP contribution >= 0.6 is 35.3 Å². The summed E-state index contributed by atoms with van der Waals surface area (Å²) in [5, 5.41) is 8.61. The number of benzene rings is 1. The van der Waals surface area contributed by atoms with Crippen LogP contribution in [0, 0.1) is 0 Å². The van der Waals surface area contributed by atoms with E-state index >= 15 is 0 Å². The zero-order valence-electron chi connectivity index (χ0n) is 14.6. The highest BCUT2D eigenvalue weighted by molar-refractivity contribution is 14.0.